The molecule has 18 heavy (non-hydrogen) atoms. The van der Waals surface area contributed by atoms with Crippen LogP contribution in [0.5, 0.6) is 0 Å². The van der Waals surface area contributed by atoms with Crippen molar-refractivity contribution in [2.45, 2.75) is 0 Å². The van der Waals surface area contributed by atoms with Gasteiger partial charge in [0.05, 0.1) is 10.2 Å². The Bertz CT molecular complexity index is 575. The second-order valence-corrected chi connectivity index (χ2v) is 5.91. The van der Waals surface area contributed by atoms with Crippen LogP contribution in [0.3, 0.4) is 0 Å². The highest BCUT2D eigenvalue weighted by molar-refractivity contribution is 9.11. The number of benzene rings is 1. The van der Waals surface area contributed by atoms with Crippen LogP contribution < -0.4 is 16.6 Å². The van der Waals surface area contributed by atoms with E-state index in [-0.39, 0.29) is 0 Å². The largest absolute Gasteiger partial charge is 0.338 e. The average Bonchev–Trinajstić information content (AvgIpc) is 2.36. The van der Waals surface area contributed by atoms with Gasteiger partial charge in [0, 0.05) is 15.1 Å². The highest BCUT2D eigenvalue weighted by Gasteiger charge is 2.07. The van der Waals surface area contributed by atoms with Crippen molar-refractivity contribution in [1.29, 1.82) is 0 Å². The van der Waals surface area contributed by atoms with Crippen LogP contribution in [0.2, 0.25) is 0 Å². The average molecular weight is 438 g/mol. The van der Waals surface area contributed by atoms with E-state index in [0.29, 0.717) is 11.8 Å². The first-order valence-corrected chi connectivity index (χ1v) is 7.19. The summed E-state index contributed by atoms with van der Waals surface area (Å²) in [6, 6.07) is 5.81. The first-order chi connectivity index (χ1) is 8.60. The lowest BCUT2D eigenvalue weighted by Gasteiger charge is -2.10. The van der Waals surface area contributed by atoms with Gasteiger partial charge in [-0.05, 0) is 50.1 Å². The molecule has 0 aliphatic carbocycles. The van der Waals surface area contributed by atoms with Gasteiger partial charge in [-0.15, -0.1) is 0 Å². The third kappa shape index (κ3) is 3.19. The monoisotopic (exact) mass is 435 g/mol. The van der Waals surface area contributed by atoms with E-state index in [1.54, 1.807) is 6.20 Å². The zero-order chi connectivity index (χ0) is 13.1. The van der Waals surface area contributed by atoms with E-state index < -0.39 is 0 Å². The van der Waals surface area contributed by atoms with Gasteiger partial charge >= 0.3 is 0 Å². The molecule has 94 valence electrons. The van der Waals surface area contributed by atoms with Crippen molar-refractivity contribution >= 4 is 65.2 Å². The Labute approximate surface area is 129 Å². The predicted octanol–water partition coefficient (Wildman–Crippen LogP) is 3.79. The maximum Gasteiger partial charge on any atom is 0.239 e. The number of hydrogen-bond acceptors (Lipinski definition) is 5. The Morgan fingerprint density at radius 3 is 2.61 bits per heavy atom. The van der Waals surface area contributed by atoms with Crippen LogP contribution in [-0.2, 0) is 0 Å². The summed E-state index contributed by atoms with van der Waals surface area (Å²) < 4.78 is 2.64. The van der Waals surface area contributed by atoms with Crippen molar-refractivity contribution in [2.75, 3.05) is 10.7 Å². The zero-order valence-electron chi connectivity index (χ0n) is 8.92. The Morgan fingerprint density at radius 1 is 1.11 bits per heavy atom. The van der Waals surface area contributed by atoms with Gasteiger partial charge in [0.25, 0.3) is 0 Å². The predicted molar refractivity (Wildman–Crippen MR) is 82.7 cm³/mol. The second-order valence-electron chi connectivity index (χ2n) is 3.28. The van der Waals surface area contributed by atoms with Gasteiger partial charge in [0.2, 0.25) is 5.95 Å². The van der Waals surface area contributed by atoms with Crippen LogP contribution in [0.15, 0.2) is 37.8 Å². The molecule has 4 N–H and O–H groups in total. The molecule has 0 saturated carbocycles. The maximum absolute atomic E-state index is 5.28. The lowest BCUT2D eigenvalue weighted by molar-refractivity contribution is 1.11. The molecule has 0 spiro atoms. The molecular formula is C10H8Br3N5. The summed E-state index contributed by atoms with van der Waals surface area (Å²) in [7, 11) is 0. The van der Waals surface area contributed by atoms with E-state index >= 15 is 0 Å². The fraction of sp³-hybridized carbons (Fsp3) is 0. The van der Waals surface area contributed by atoms with E-state index in [2.05, 4.69) is 68.5 Å². The summed E-state index contributed by atoms with van der Waals surface area (Å²) in [6.45, 7) is 0. The van der Waals surface area contributed by atoms with E-state index in [9.17, 15) is 0 Å². The van der Waals surface area contributed by atoms with Crippen molar-refractivity contribution in [2.24, 2.45) is 5.84 Å². The van der Waals surface area contributed by atoms with Gasteiger partial charge in [-0.3, -0.25) is 5.43 Å². The minimum atomic E-state index is 0.340. The molecule has 0 saturated heterocycles. The number of aromatic nitrogens is 2. The van der Waals surface area contributed by atoms with Crippen molar-refractivity contribution in [3.63, 3.8) is 0 Å². The molecule has 1 aromatic heterocycles. The second kappa shape index (κ2) is 5.96. The molecule has 2 aromatic rings. The molecule has 0 bridgehead atoms. The molecule has 0 atom stereocenters. The number of nitrogens with one attached hydrogen (secondary N) is 2. The third-order valence-electron chi connectivity index (χ3n) is 2.05. The Hall–Kier alpha value is -0.700. The number of anilines is 3. The van der Waals surface area contributed by atoms with Gasteiger partial charge in [-0.1, -0.05) is 15.9 Å². The molecule has 0 amide bonds. The lowest BCUT2D eigenvalue weighted by atomic mass is 10.3. The topological polar surface area (TPSA) is 75.9 Å². The van der Waals surface area contributed by atoms with Crippen LogP contribution in [0, 0.1) is 0 Å². The summed E-state index contributed by atoms with van der Waals surface area (Å²) in [6.07, 6.45) is 1.62. The molecular weight excluding hydrogens is 430 g/mol. The normalized spacial score (nSPS) is 10.2. The maximum atomic E-state index is 5.28. The quantitative estimate of drug-likeness (QED) is 0.503. The molecule has 0 unspecified atom stereocenters. The fourth-order valence-electron chi connectivity index (χ4n) is 1.25. The Kier molecular flexibility index (Phi) is 4.55. The molecule has 0 radical (unpaired) electrons. The summed E-state index contributed by atoms with van der Waals surface area (Å²) >= 11 is 10.3. The highest BCUT2D eigenvalue weighted by Crippen LogP contribution is 2.31. The Morgan fingerprint density at radius 2 is 1.89 bits per heavy atom. The van der Waals surface area contributed by atoms with Gasteiger partial charge in [0.15, 0.2) is 0 Å². The van der Waals surface area contributed by atoms with Crippen LogP contribution >= 0.6 is 47.8 Å². The summed E-state index contributed by atoms with van der Waals surface area (Å²) in [5.41, 5.74) is 3.28. The molecule has 0 aliphatic heterocycles. The van der Waals surface area contributed by atoms with Crippen LogP contribution in [0.4, 0.5) is 17.5 Å². The van der Waals surface area contributed by atoms with Crippen molar-refractivity contribution in [1.82, 2.24) is 9.97 Å². The molecule has 1 heterocycles. The van der Waals surface area contributed by atoms with E-state index in [1.807, 2.05) is 18.2 Å². The van der Waals surface area contributed by atoms with E-state index in [0.717, 1.165) is 19.1 Å². The van der Waals surface area contributed by atoms with Gasteiger partial charge in [0.1, 0.15) is 5.82 Å². The third-order valence-corrected chi connectivity index (χ3v) is 3.82. The minimum absolute atomic E-state index is 0.340. The molecule has 0 fully saturated rings. The fourth-order valence-corrected chi connectivity index (χ4v) is 2.24. The SMILES string of the molecule is NNc1ncc(Br)c(Nc2cc(Br)ccc2Br)n1. The van der Waals surface area contributed by atoms with Gasteiger partial charge in [-0.2, -0.15) is 4.98 Å². The standard InChI is InChI=1S/C10H8Br3N5/c11-5-1-2-6(12)8(3-5)16-9-7(13)4-15-10(17-9)18-14/h1-4H,14H2,(H2,15,16,17,18). The number of hydrogen-bond donors (Lipinski definition) is 3. The number of hydrazine groups is 1. The van der Waals surface area contributed by atoms with Crippen molar-refractivity contribution < 1.29 is 0 Å². The lowest BCUT2D eigenvalue weighted by Crippen LogP contribution is -2.11. The number of rotatable bonds is 3. The summed E-state index contributed by atoms with van der Waals surface area (Å²) in [5.74, 6) is 6.24. The molecule has 1 aromatic carbocycles. The highest BCUT2D eigenvalue weighted by atomic mass is 79.9. The first kappa shape index (κ1) is 13.7. The number of nitrogens with zero attached hydrogens (tertiary/aromatic N) is 2. The van der Waals surface area contributed by atoms with E-state index in [4.69, 9.17) is 5.84 Å². The molecule has 0 aliphatic rings. The Balaban J connectivity index is 2.36. The minimum Gasteiger partial charge on any atom is -0.338 e. The number of halogens is 3. The van der Waals surface area contributed by atoms with E-state index in [1.165, 1.54) is 0 Å². The van der Waals surface area contributed by atoms with Crippen molar-refractivity contribution in [3.8, 4) is 0 Å². The summed E-state index contributed by atoms with van der Waals surface area (Å²) in [5, 5.41) is 3.19. The number of nitrogens with two attached hydrogens (primary N) is 1. The van der Waals surface area contributed by atoms with Crippen LogP contribution in [0.25, 0.3) is 0 Å². The van der Waals surface area contributed by atoms with Crippen LogP contribution in [-0.4, -0.2) is 9.97 Å². The van der Waals surface area contributed by atoms with Crippen LogP contribution in [0.1, 0.15) is 0 Å². The number of nitrogen functional groups attached to an aromatic ring is 1. The van der Waals surface area contributed by atoms with Gasteiger partial charge in [-0.25, -0.2) is 10.8 Å². The zero-order valence-corrected chi connectivity index (χ0v) is 13.7. The summed E-state index contributed by atoms with van der Waals surface area (Å²) in [4.78, 5) is 8.20. The molecule has 5 nitrogen and oxygen atoms in total. The molecule has 2 rings (SSSR count). The van der Waals surface area contributed by atoms with Crippen molar-refractivity contribution in [3.05, 3.63) is 37.8 Å². The van der Waals surface area contributed by atoms with Gasteiger partial charge < -0.3 is 5.32 Å². The smallest absolute Gasteiger partial charge is 0.239 e. The molecule has 8 heteroatoms. The first-order valence-electron chi connectivity index (χ1n) is 4.81.